The second-order valence-electron chi connectivity index (χ2n) is 5.06. The van der Waals surface area contributed by atoms with E-state index < -0.39 is 0 Å². The van der Waals surface area contributed by atoms with Crippen molar-refractivity contribution in [2.45, 2.75) is 25.7 Å². The molecule has 104 valence electrons. The van der Waals surface area contributed by atoms with Crippen LogP contribution >= 0.6 is 11.6 Å². The van der Waals surface area contributed by atoms with Gasteiger partial charge in [-0.1, -0.05) is 23.7 Å². The van der Waals surface area contributed by atoms with Gasteiger partial charge in [-0.15, -0.1) is 0 Å². The van der Waals surface area contributed by atoms with E-state index in [2.05, 4.69) is 10.2 Å². The van der Waals surface area contributed by atoms with Crippen LogP contribution in [0.5, 0.6) is 0 Å². The monoisotopic (exact) mass is 280 g/mol. The summed E-state index contributed by atoms with van der Waals surface area (Å²) in [5.74, 6) is 0.0729. The SMILES string of the molecule is O=C(Cc1cccc(Cl)c1)NCCCN1CCCC1. The third-order valence-electron chi connectivity index (χ3n) is 3.43. The molecule has 0 atom stereocenters. The molecule has 1 N–H and O–H groups in total. The first-order chi connectivity index (χ1) is 9.24. The summed E-state index contributed by atoms with van der Waals surface area (Å²) >= 11 is 5.89. The topological polar surface area (TPSA) is 32.3 Å². The van der Waals surface area contributed by atoms with E-state index in [9.17, 15) is 4.79 Å². The maximum absolute atomic E-state index is 11.8. The van der Waals surface area contributed by atoms with Crippen molar-refractivity contribution >= 4 is 17.5 Å². The van der Waals surface area contributed by atoms with Crippen LogP contribution in [0.4, 0.5) is 0 Å². The van der Waals surface area contributed by atoms with Gasteiger partial charge in [0.2, 0.25) is 5.91 Å². The molecule has 1 aromatic carbocycles. The van der Waals surface area contributed by atoms with Crippen LogP contribution in [0.25, 0.3) is 0 Å². The van der Waals surface area contributed by atoms with Gasteiger partial charge in [-0.25, -0.2) is 0 Å². The second kappa shape index (κ2) is 7.51. The van der Waals surface area contributed by atoms with Crippen LogP contribution in [0.2, 0.25) is 5.02 Å². The van der Waals surface area contributed by atoms with Crippen LogP contribution in [0.1, 0.15) is 24.8 Å². The number of nitrogens with zero attached hydrogens (tertiary/aromatic N) is 1. The molecule has 1 heterocycles. The molecule has 2 rings (SSSR count). The van der Waals surface area contributed by atoms with Crippen molar-refractivity contribution < 1.29 is 4.79 Å². The molecule has 3 nitrogen and oxygen atoms in total. The lowest BCUT2D eigenvalue weighted by Gasteiger charge is -2.14. The summed E-state index contributed by atoms with van der Waals surface area (Å²) in [7, 11) is 0. The number of hydrogen-bond acceptors (Lipinski definition) is 2. The lowest BCUT2D eigenvalue weighted by molar-refractivity contribution is -0.120. The van der Waals surface area contributed by atoms with Crippen molar-refractivity contribution in [3.8, 4) is 0 Å². The summed E-state index contributed by atoms with van der Waals surface area (Å²) in [6.07, 6.45) is 4.08. The number of amides is 1. The Morgan fingerprint density at radius 1 is 1.32 bits per heavy atom. The Balaban J connectivity index is 1.61. The Morgan fingerprint density at radius 2 is 2.11 bits per heavy atom. The molecule has 1 aliphatic rings. The molecule has 1 aromatic rings. The van der Waals surface area contributed by atoms with Crippen molar-refractivity contribution in [3.05, 3.63) is 34.9 Å². The summed E-state index contributed by atoms with van der Waals surface area (Å²) in [5, 5.41) is 3.65. The number of carbonyl (C=O) groups excluding carboxylic acids is 1. The first-order valence-corrected chi connectivity index (χ1v) is 7.35. The van der Waals surface area contributed by atoms with E-state index in [4.69, 9.17) is 11.6 Å². The number of carbonyl (C=O) groups is 1. The molecule has 1 saturated heterocycles. The zero-order valence-electron chi connectivity index (χ0n) is 11.2. The van der Waals surface area contributed by atoms with E-state index in [1.165, 1.54) is 25.9 Å². The van der Waals surface area contributed by atoms with E-state index >= 15 is 0 Å². The molecule has 0 saturated carbocycles. The predicted octanol–water partition coefficient (Wildman–Crippen LogP) is 2.48. The molecule has 19 heavy (non-hydrogen) atoms. The Hall–Kier alpha value is -1.06. The number of benzene rings is 1. The number of nitrogens with one attached hydrogen (secondary N) is 1. The van der Waals surface area contributed by atoms with Crippen LogP contribution in [0.15, 0.2) is 24.3 Å². The highest BCUT2D eigenvalue weighted by molar-refractivity contribution is 6.30. The summed E-state index contributed by atoms with van der Waals surface area (Å²) in [6.45, 7) is 4.29. The minimum atomic E-state index is 0.0729. The lowest BCUT2D eigenvalue weighted by atomic mass is 10.1. The molecular formula is C15H21ClN2O. The first kappa shape index (κ1) is 14.4. The second-order valence-corrected chi connectivity index (χ2v) is 5.50. The normalized spacial score (nSPS) is 15.6. The number of halogens is 1. The Labute approximate surface area is 119 Å². The molecule has 1 fully saturated rings. The van der Waals surface area contributed by atoms with Crippen molar-refractivity contribution in [2.24, 2.45) is 0 Å². The lowest BCUT2D eigenvalue weighted by Crippen LogP contribution is -2.29. The van der Waals surface area contributed by atoms with Crippen LogP contribution < -0.4 is 5.32 Å². The van der Waals surface area contributed by atoms with Crippen LogP contribution in [-0.4, -0.2) is 37.0 Å². The van der Waals surface area contributed by atoms with E-state index in [0.29, 0.717) is 11.4 Å². The summed E-state index contributed by atoms with van der Waals surface area (Å²) in [5.41, 5.74) is 0.963. The standard InChI is InChI=1S/C15H21ClN2O/c16-14-6-3-5-13(11-14)12-15(19)17-7-4-10-18-8-1-2-9-18/h3,5-6,11H,1-2,4,7-10,12H2,(H,17,19). The molecule has 0 unspecified atom stereocenters. The van der Waals surface area contributed by atoms with Gasteiger partial charge < -0.3 is 10.2 Å². The average molecular weight is 281 g/mol. The molecular weight excluding hydrogens is 260 g/mol. The molecule has 1 aliphatic heterocycles. The molecule has 0 spiro atoms. The quantitative estimate of drug-likeness (QED) is 0.812. The van der Waals surface area contributed by atoms with Crippen LogP contribution in [-0.2, 0) is 11.2 Å². The highest BCUT2D eigenvalue weighted by Gasteiger charge is 2.10. The van der Waals surface area contributed by atoms with Crippen molar-refractivity contribution in [2.75, 3.05) is 26.2 Å². The number of hydrogen-bond donors (Lipinski definition) is 1. The number of rotatable bonds is 6. The third kappa shape index (κ3) is 5.21. The smallest absolute Gasteiger partial charge is 0.224 e. The van der Waals surface area contributed by atoms with Gasteiger partial charge in [0.05, 0.1) is 6.42 Å². The maximum Gasteiger partial charge on any atom is 0.224 e. The third-order valence-corrected chi connectivity index (χ3v) is 3.66. The summed E-state index contributed by atoms with van der Waals surface area (Å²) in [6, 6.07) is 7.46. The van der Waals surface area contributed by atoms with Crippen LogP contribution in [0.3, 0.4) is 0 Å². The minimum Gasteiger partial charge on any atom is -0.356 e. The largest absolute Gasteiger partial charge is 0.356 e. The fraction of sp³-hybridized carbons (Fsp3) is 0.533. The zero-order chi connectivity index (χ0) is 13.5. The molecule has 0 aromatic heterocycles. The molecule has 0 bridgehead atoms. The Kier molecular flexibility index (Phi) is 5.67. The summed E-state index contributed by atoms with van der Waals surface area (Å²) in [4.78, 5) is 14.2. The fourth-order valence-electron chi connectivity index (χ4n) is 2.43. The van der Waals surface area contributed by atoms with Gasteiger partial charge in [0.25, 0.3) is 0 Å². The van der Waals surface area contributed by atoms with Crippen molar-refractivity contribution in [1.82, 2.24) is 10.2 Å². The maximum atomic E-state index is 11.8. The van der Waals surface area contributed by atoms with Crippen molar-refractivity contribution in [3.63, 3.8) is 0 Å². The molecule has 1 amide bonds. The van der Waals surface area contributed by atoms with Crippen molar-refractivity contribution in [1.29, 1.82) is 0 Å². The Morgan fingerprint density at radius 3 is 2.84 bits per heavy atom. The minimum absolute atomic E-state index is 0.0729. The van der Waals surface area contributed by atoms with Gasteiger partial charge >= 0.3 is 0 Å². The number of likely N-dealkylation sites (tertiary alicyclic amines) is 1. The highest BCUT2D eigenvalue weighted by atomic mass is 35.5. The van der Waals surface area contributed by atoms with Gasteiger partial charge in [0.15, 0.2) is 0 Å². The van der Waals surface area contributed by atoms with E-state index in [1.54, 1.807) is 0 Å². The van der Waals surface area contributed by atoms with Gasteiger partial charge in [0, 0.05) is 11.6 Å². The van der Waals surface area contributed by atoms with Gasteiger partial charge in [0.1, 0.15) is 0 Å². The fourth-order valence-corrected chi connectivity index (χ4v) is 2.64. The molecule has 0 aliphatic carbocycles. The van der Waals surface area contributed by atoms with Gasteiger partial charge in [-0.05, 0) is 56.6 Å². The molecule has 0 radical (unpaired) electrons. The predicted molar refractivity (Wildman–Crippen MR) is 78.5 cm³/mol. The zero-order valence-corrected chi connectivity index (χ0v) is 12.0. The van der Waals surface area contributed by atoms with Gasteiger partial charge in [-0.3, -0.25) is 4.79 Å². The van der Waals surface area contributed by atoms with E-state index in [1.807, 2.05) is 24.3 Å². The van der Waals surface area contributed by atoms with Crippen LogP contribution in [0, 0.1) is 0 Å². The molecule has 4 heteroatoms. The highest BCUT2D eigenvalue weighted by Crippen LogP contribution is 2.11. The summed E-state index contributed by atoms with van der Waals surface area (Å²) < 4.78 is 0. The first-order valence-electron chi connectivity index (χ1n) is 6.97. The van der Waals surface area contributed by atoms with E-state index in [-0.39, 0.29) is 5.91 Å². The van der Waals surface area contributed by atoms with E-state index in [0.717, 1.165) is 25.1 Å². The van der Waals surface area contributed by atoms with Gasteiger partial charge in [-0.2, -0.15) is 0 Å². The Bertz CT molecular complexity index is 416. The average Bonchev–Trinajstić information content (AvgIpc) is 2.88.